The van der Waals surface area contributed by atoms with Crippen molar-refractivity contribution in [3.63, 3.8) is 0 Å². The van der Waals surface area contributed by atoms with Crippen molar-refractivity contribution in [2.75, 3.05) is 0 Å². The molecule has 4 nitrogen and oxygen atoms in total. The molecule has 0 aliphatic rings. The number of rotatable bonds is 1. The smallest absolute Gasteiger partial charge is 0.282 e. The summed E-state index contributed by atoms with van der Waals surface area (Å²) in [5.74, 6) is 0. The molecule has 0 atom stereocenters. The minimum absolute atomic E-state index is 0. The molecule has 0 spiro atoms. The maximum atomic E-state index is 11.0. The zero-order chi connectivity index (χ0) is 10.2. The summed E-state index contributed by atoms with van der Waals surface area (Å²) < 4.78 is 30.9. The Morgan fingerprint density at radius 2 is 1.93 bits per heavy atom. The van der Waals surface area contributed by atoms with Crippen molar-refractivity contribution in [2.24, 2.45) is 0 Å². The molecular formula is C9H8FNO3S. The van der Waals surface area contributed by atoms with Gasteiger partial charge in [-0.2, -0.15) is 8.42 Å². The standard InChI is InChI=1S/C9H7NO3S.FH/c11-14(12,13)9-3-1-2-7-6-10-5-4-8(7)9;/h1-6H,(H,11,12,13);1H. The lowest BCUT2D eigenvalue weighted by Gasteiger charge is -2.01. The van der Waals surface area contributed by atoms with Crippen LogP contribution < -0.4 is 0 Å². The van der Waals surface area contributed by atoms with E-state index in [4.69, 9.17) is 4.55 Å². The normalized spacial score (nSPS) is 11.0. The highest BCUT2D eigenvalue weighted by Gasteiger charge is 2.12. The molecule has 0 saturated carbocycles. The van der Waals surface area contributed by atoms with Gasteiger partial charge in [0.25, 0.3) is 10.1 Å². The summed E-state index contributed by atoms with van der Waals surface area (Å²) in [6, 6.07) is 6.21. The number of halogens is 1. The van der Waals surface area contributed by atoms with Gasteiger partial charge in [-0.25, -0.2) is 0 Å². The number of aromatic nitrogens is 1. The molecule has 15 heavy (non-hydrogen) atoms. The first kappa shape index (κ1) is 11.5. The van der Waals surface area contributed by atoms with Gasteiger partial charge in [0.2, 0.25) is 0 Å². The number of benzene rings is 1. The predicted molar refractivity (Wildman–Crippen MR) is 54.1 cm³/mol. The van der Waals surface area contributed by atoms with E-state index in [2.05, 4.69) is 4.98 Å². The molecule has 1 aromatic carbocycles. The Kier molecular flexibility index (Phi) is 3.01. The third kappa shape index (κ3) is 2.11. The Hall–Kier alpha value is -1.53. The van der Waals surface area contributed by atoms with Crippen LogP contribution in [0.5, 0.6) is 0 Å². The number of pyridine rings is 1. The first-order chi connectivity index (χ1) is 6.59. The highest BCUT2D eigenvalue weighted by molar-refractivity contribution is 7.86. The van der Waals surface area contributed by atoms with Crippen LogP contribution in [-0.4, -0.2) is 18.0 Å². The summed E-state index contributed by atoms with van der Waals surface area (Å²) in [7, 11) is -4.16. The Morgan fingerprint density at radius 1 is 1.20 bits per heavy atom. The maximum absolute atomic E-state index is 11.0. The van der Waals surface area contributed by atoms with Crippen LogP contribution in [0.3, 0.4) is 0 Å². The number of fused-ring (bicyclic) bond motifs is 1. The van der Waals surface area contributed by atoms with Gasteiger partial charge >= 0.3 is 0 Å². The van der Waals surface area contributed by atoms with Crippen molar-refractivity contribution in [3.05, 3.63) is 36.7 Å². The Labute approximate surface area is 85.7 Å². The summed E-state index contributed by atoms with van der Waals surface area (Å²) in [6.45, 7) is 0. The summed E-state index contributed by atoms with van der Waals surface area (Å²) in [6.07, 6.45) is 3.03. The molecule has 6 heteroatoms. The molecular weight excluding hydrogens is 221 g/mol. The predicted octanol–water partition coefficient (Wildman–Crippen LogP) is 1.63. The zero-order valence-electron chi connectivity index (χ0n) is 7.49. The average Bonchev–Trinajstić information content (AvgIpc) is 2.15. The van der Waals surface area contributed by atoms with E-state index in [1.165, 1.54) is 12.3 Å². The van der Waals surface area contributed by atoms with Gasteiger partial charge in [-0.3, -0.25) is 14.2 Å². The van der Waals surface area contributed by atoms with Crippen LogP contribution in [-0.2, 0) is 10.1 Å². The molecule has 0 saturated heterocycles. The molecule has 2 aromatic rings. The van der Waals surface area contributed by atoms with Gasteiger partial charge in [-0.1, -0.05) is 12.1 Å². The van der Waals surface area contributed by atoms with Crippen LogP contribution in [0.2, 0.25) is 0 Å². The second-order valence-corrected chi connectivity index (χ2v) is 4.22. The number of nitrogens with zero attached hydrogens (tertiary/aromatic N) is 1. The minimum atomic E-state index is -4.16. The zero-order valence-corrected chi connectivity index (χ0v) is 8.31. The highest BCUT2D eigenvalue weighted by Crippen LogP contribution is 2.21. The lowest BCUT2D eigenvalue weighted by atomic mass is 10.2. The van der Waals surface area contributed by atoms with Crippen molar-refractivity contribution in [1.29, 1.82) is 0 Å². The van der Waals surface area contributed by atoms with Crippen LogP contribution >= 0.6 is 0 Å². The lowest BCUT2D eigenvalue weighted by Crippen LogP contribution is -1.98. The number of hydrogen-bond donors (Lipinski definition) is 1. The minimum Gasteiger partial charge on any atom is -0.282 e. The third-order valence-electron chi connectivity index (χ3n) is 1.92. The quantitative estimate of drug-likeness (QED) is 0.755. The van der Waals surface area contributed by atoms with Crippen molar-refractivity contribution >= 4 is 20.9 Å². The molecule has 0 aliphatic heterocycles. The molecule has 1 heterocycles. The Bertz CT molecular complexity index is 577. The third-order valence-corrected chi connectivity index (χ3v) is 2.83. The summed E-state index contributed by atoms with van der Waals surface area (Å²) >= 11 is 0. The van der Waals surface area contributed by atoms with E-state index in [-0.39, 0.29) is 9.60 Å². The summed E-state index contributed by atoms with van der Waals surface area (Å²) in [5, 5.41) is 1.16. The fraction of sp³-hybridized carbons (Fsp3) is 0. The van der Waals surface area contributed by atoms with Gasteiger partial charge in [0.05, 0.1) is 0 Å². The van der Waals surface area contributed by atoms with Gasteiger partial charge in [0.1, 0.15) is 4.90 Å². The van der Waals surface area contributed by atoms with Crippen LogP contribution in [0.4, 0.5) is 4.70 Å². The molecule has 0 fully saturated rings. The van der Waals surface area contributed by atoms with E-state index in [9.17, 15) is 8.42 Å². The van der Waals surface area contributed by atoms with Crippen LogP contribution in [0.25, 0.3) is 10.8 Å². The molecule has 2 rings (SSSR count). The van der Waals surface area contributed by atoms with E-state index in [0.717, 1.165) is 0 Å². The van der Waals surface area contributed by atoms with Crippen LogP contribution in [0.15, 0.2) is 41.6 Å². The molecule has 80 valence electrons. The molecule has 0 amide bonds. The monoisotopic (exact) mass is 229 g/mol. The summed E-state index contributed by atoms with van der Waals surface area (Å²) in [5.41, 5.74) is 0. The number of hydrogen-bond acceptors (Lipinski definition) is 3. The SMILES string of the molecule is F.O=S(=O)(O)c1cccc2cnccc12. The first-order valence-electron chi connectivity index (χ1n) is 3.89. The van der Waals surface area contributed by atoms with Crippen molar-refractivity contribution in [3.8, 4) is 0 Å². The fourth-order valence-corrected chi connectivity index (χ4v) is 2.03. The van der Waals surface area contributed by atoms with Crippen molar-refractivity contribution < 1.29 is 17.7 Å². The summed E-state index contributed by atoms with van der Waals surface area (Å²) in [4.78, 5) is 3.77. The highest BCUT2D eigenvalue weighted by atomic mass is 32.2. The first-order valence-corrected chi connectivity index (χ1v) is 5.33. The topological polar surface area (TPSA) is 67.3 Å². The molecule has 1 N–H and O–H groups in total. The van der Waals surface area contributed by atoms with E-state index in [0.29, 0.717) is 10.8 Å². The van der Waals surface area contributed by atoms with Gasteiger partial charge in [-0.15, -0.1) is 0 Å². The maximum Gasteiger partial charge on any atom is 0.295 e. The molecule has 0 bridgehead atoms. The Morgan fingerprint density at radius 3 is 2.60 bits per heavy atom. The van der Waals surface area contributed by atoms with E-state index in [1.54, 1.807) is 24.4 Å². The van der Waals surface area contributed by atoms with E-state index < -0.39 is 10.1 Å². The van der Waals surface area contributed by atoms with Crippen LogP contribution in [0.1, 0.15) is 0 Å². The van der Waals surface area contributed by atoms with E-state index >= 15 is 0 Å². The van der Waals surface area contributed by atoms with Gasteiger partial charge in [0, 0.05) is 23.2 Å². The molecule has 1 aromatic heterocycles. The van der Waals surface area contributed by atoms with Crippen molar-refractivity contribution in [2.45, 2.75) is 4.90 Å². The van der Waals surface area contributed by atoms with Gasteiger partial charge in [-0.05, 0) is 12.1 Å². The second kappa shape index (κ2) is 3.92. The molecule has 0 radical (unpaired) electrons. The molecule has 0 unspecified atom stereocenters. The average molecular weight is 229 g/mol. The Balaban J connectivity index is 0.00000112. The van der Waals surface area contributed by atoms with Crippen molar-refractivity contribution in [1.82, 2.24) is 4.98 Å². The van der Waals surface area contributed by atoms with Crippen LogP contribution in [0, 0.1) is 0 Å². The van der Waals surface area contributed by atoms with Gasteiger partial charge in [0.15, 0.2) is 0 Å². The fourth-order valence-electron chi connectivity index (χ4n) is 1.32. The van der Waals surface area contributed by atoms with E-state index in [1.807, 2.05) is 0 Å². The lowest BCUT2D eigenvalue weighted by molar-refractivity contribution is 0.484. The molecule has 0 aliphatic carbocycles. The van der Waals surface area contributed by atoms with Gasteiger partial charge < -0.3 is 0 Å². The second-order valence-electron chi connectivity index (χ2n) is 2.83. The largest absolute Gasteiger partial charge is 0.295 e.